The van der Waals surface area contributed by atoms with Gasteiger partial charge in [0.1, 0.15) is 5.82 Å². The second-order valence-electron chi connectivity index (χ2n) is 4.76. The average Bonchev–Trinajstić information content (AvgIpc) is 2.88. The van der Waals surface area contributed by atoms with Crippen molar-refractivity contribution >= 4 is 15.7 Å². The lowest BCUT2D eigenvalue weighted by Gasteiger charge is -2.18. The molecule has 1 aromatic heterocycles. The van der Waals surface area contributed by atoms with Crippen LogP contribution in [0.4, 0.5) is 5.69 Å². The molecule has 0 aliphatic carbocycles. The highest BCUT2D eigenvalue weighted by atomic mass is 32.2. The summed E-state index contributed by atoms with van der Waals surface area (Å²) in [6.07, 6.45) is 1.56. The summed E-state index contributed by atoms with van der Waals surface area (Å²) in [6.45, 7) is 4.78. The first-order valence-corrected chi connectivity index (χ1v) is 8.16. The normalized spacial score (nSPS) is 11.6. The van der Waals surface area contributed by atoms with Gasteiger partial charge in [-0.1, -0.05) is 12.1 Å². The molecule has 6 nitrogen and oxygen atoms in total. The molecule has 0 saturated carbocycles. The minimum Gasteiger partial charge on any atom is -0.334 e. The summed E-state index contributed by atoms with van der Waals surface area (Å²) >= 11 is 0. The number of hydrogen-bond acceptors (Lipinski definition) is 4. The lowest BCUT2D eigenvalue weighted by molar-refractivity contribution is 0.591. The molecule has 0 spiro atoms. The number of aromatic nitrogens is 2. The van der Waals surface area contributed by atoms with E-state index in [0.29, 0.717) is 24.6 Å². The van der Waals surface area contributed by atoms with Gasteiger partial charge in [-0.2, -0.15) is 8.42 Å². The third kappa shape index (κ3) is 2.93. The summed E-state index contributed by atoms with van der Waals surface area (Å²) in [5.41, 5.74) is 7.05. The van der Waals surface area contributed by atoms with Crippen LogP contribution in [0.15, 0.2) is 35.5 Å². The van der Waals surface area contributed by atoms with Crippen molar-refractivity contribution < 1.29 is 8.42 Å². The molecule has 2 aromatic rings. The van der Waals surface area contributed by atoms with Crippen molar-refractivity contribution in [3.05, 3.63) is 41.9 Å². The standard InChI is InChI=1S/C14H20N4O2S/c1-4-18-10-14(16-11(18)2)21(19,20)17(3)13-7-5-6-12(8-13)9-15/h5-8,10H,4,9,15H2,1-3H3. The molecule has 0 unspecified atom stereocenters. The fraction of sp³-hybridized carbons (Fsp3) is 0.357. The van der Waals surface area contributed by atoms with Gasteiger partial charge < -0.3 is 10.3 Å². The van der Waals surface area contributed by atoms with E-state index in [0.717, 1.165) is 5.56 Å². The van der Waals surface area contributed by atoms with Crippen LogP contribution in [0.3, 0.4) is 0 Å². The van der Waals surface area contributed by atoms with Crippen molar-refractivity contribution in [2.45, 2.75) is 32.0 Å². The maximum absolute atomic E-state index is 12.6. The zero-order valence-corrected chi connectivity index (χ0v) is 13.3. The second kappa shape index (κ2) is 5.87. The van der Waals surface area contributed by atoms with E-state index in [-0.39, 0.29) is 5.03 Å². The van der Waals surface area contributed by atoms with Crippen molar-refractivity contribution in [1.82, 2.24) is 9.55 Å². The molecular formula is C14H20N4O2S. The summed E-state index contributed by atoms with van der Waals surface area (Å²) in [5, 5.41) is 0.0579. The fourth-order valence-electron chi connectivity index (χ4n) is 2.08. The number of nitrogens with zero attached hydrogens (tertiary/aromatic N) is 3. The number of rotatable bonds is 5. The van der Waals surface area contributed by atoms with Gasteiger partial charge in [-0.25, -0.2) is 4.98 Å². The van der Waals surface area contributed by atoms with Gasteiger partial charge in [-0.3, -0.25) is 4.31 Å². The monoisotopic (exact) mass is 308 g/mol. The highest BCUT2D eigenvalue weighted by Crippen LogP contribution is 2.22. The van der Waals surface area contributed by atoms with Crippen LogP contribution in [0.5, 0.6) is 0 Å². The largest absolute Gasteiger partial charge is 0.334 e. The average molecular weight is 308 g/mol. The van der Waals surface area contributed by atoms with Gasteiger partial charge in [0, 0.05) is 26.3 Å². The van der Waals surface area contributed by atoms with Gasteiger partial charge >= 0.3 is 0 Å². The quantitative estimate of drug-likeness (QED) is 0.907. The van der Waals surface area contributed by atoms with Crippen LogP contribution in [0.2, 0.25) is 0 Å². The van der Waals surface area contributed by atoms with Gasteiger partial charge in [0.2, 0.25) is 0 Å². The van der Waals surface area contributed by atoms with E-state index in [2.05, 4.69) is 4.98 Å². The van der Waals surface area contributed by atoms with Gasteiger partial charge in [0.15, 0.2) is 5.03 Å². The van der Waals surface area contributed by atoms with Crippen LogP contribution in [0.25, 0.3) is 0 Å². The molecule has 114 valence electrons. The zero-order chi connectivity index (χ0) is 15.6. The number of hydrogen-bond donors (Lipinski definition) is 1. The van der Waals surface area contributed by atoms with Crippen LogP contribution in [-0.4, -0.2) is 25.0 Å². The number of nitrogens with two attached hydrogens (primary N) is 1. The summed E-state index contributed by atoms with van der Waals surface area (Å²) in [6, 6.07) is 7.15. The first-order valence-electron chi connectivity index (χ1n) is 6.72. The zero-order valence-electron chi connectivity index (χ0n) is 12.4. The highest BCUT2D eigenvalue weighted by Gasteiger charge is 2.25. The maximum atomic E-state index is 12.6. The predicted molar refractivity (Wildman–Crippen MR) is 82.6 cm³/mol. The van der Waals surface area contributed by atoms with Crippen LogP contribution in [-0.2, 0) is 23.1 Å². The number of aryl methyl sites for hydroxylation is 2. The molecule has 0 fully saturated rings. The predicted octanol–water partition coefficient (Wildman–Crippen LogP) is 1.50. The third-order valence-corrected chi connectivity index (χ3v) is 5.09. The van der Waals surface area contributed by atoms with Crippen LogP contribution in [0.1, 0.15) is 18.3 Å². The SMILES string of the molecule is CCn1cc(S(=O)(=O)N(C)c2cccc(CN)c2)nc1C. The molecule has 7 heteroatoms. The van der Waals surface area contributed by atoms with E-state index in [4.69, 9.17) is 5.73 Å². The summed E-state index contributed by atoms with van der Waals surface area (Å²) < 4.78 is 28.3. The van der Waals surface area contributed by atoms with E-state index in [1.165, 1.54) is 11.4 Å². The first-order chi connectivity index (χ1) is 9.90. The Hall–Kier alpha value is -1.86. The molecule has 1 heterocycles. The van der Waals surface area contributed by atoms with Gasteiger partial charge in [-0.15, -0.1) is 0 Å². The molecule has 2 N–H and O–H groups in total. The number of anilines is 1. The van der Waals surface area contributed by atoms with Crippen molar-refractivity contribution in [3.8, 4) is 0 Å². The van der Waals surface area contributed by atoms with E-state index in [1.807, 2.05) is 13.0 Å². The van der Waals surface area contributed by atoms with Gasteiger partial charge in [0.25, 0.3) is 10.0 Å². The van der Waals surface area contributed by atoms with Crippen LogP contribution >= 0.6 is 0 Å². The lowest BCUT2D eigenvalue weighted by Crippen LogP contribution is -2.27. The third-order valence-electron chi connectivity index (χ3n) is 3.43. The second-order valence-corrected chi connectivity index (χ2v) is 6.68. The van der Waals surface area contributed by atoms with E-state index >= 15 is 0 Å². The number of benzene rings is 1. The molecule has 0 radical (unpaired) electrons. The Labute approximate surface area is 125 Å². The molecule has 2 rings (SSSR count). The Morgan fingerprint density at radius 1 is 1.38 bits per heavy atom. The van der Waals surface area contributed by atoms with Crippen LogP contribution < -0.4 is 10.0 Å². The highest BCUT2D eigenvalue weighted by molar-refractivity contribution is 7.92. The minimum absolute atomic E-state index is 0.0579. The van der Waals surface area contributed by atoms with Crippen molar-refractivity contribution in [2.24, 2.45) is 5.73 Å². The lowest BCUT2D eigenvalue weighted by atomic mass is 10.2. The summed E-state index contributed by atoms with van der Waals surface area (Å²) in [7, 11) is -2.15. The van der Waals surface area contributed by atoms with E-state index in [9.17, 15) is 8.42 Å². The molecule has 0 aliphatic heterocycles. The molecule has 1 aromatic carbocycles. The van der Waals surface area contributed by atoms with E-state index < -0.39 is 10.0 Å². The Morgan fingerprint density at radius 2 is 2.10 bits per heavy atom. The first kappa shape index (κ1) is 15.5. The van der Waals surface area contributed by atoms with Crippen molar-refractivity contribution in [2.75, 3.05) is 11.4 Å². The van der Waals surface area contributed by atoms with Crippen molar-refractivity contribution in [3.63, 3.8) is 0 Å². The molecule has 0 aliphatic rings. The molecule has 0 bridgehead atoms. The van der Waals surface area contributed by atoms with Gasteiger partial charge in [-0.05, 0) is 31.5 Å². The summed E-state index contributed by atoms with van der Waals surface area (Å²) in [5.74, 6) is 0.681. The smallest absolute Gasteiger partial charge is 0.283 e. The Morgan fingerprint density at radius 3 is 2.67 bits per heavy atom. The summed E-state index contributed by atoms with van der Waals surface area (Å²) in [4.78, 5) is 4.15. The van der Waals surface area contributed by atoms with Crippen LogP contribution in [0, 0.1) is 6.92 Å². The Kier molecular flexibility index (Phi) is 4.34. The number of imidazole rings is 1. The molecule has 0 amide bonds. The number of sulfonamides is 1. The Bertz CT molecular complexity index is 737. The Balaban J connectivity index is 2.41. The molecular weight excluding hydrogens is 288 g/mol. The topological polar surface area (TPSA) is 81.2 Å². The minimum atomic E-state index is -3.67. The molecule has 0 saturated heterocycles. The maximum Gasteiger partial charge on any atom is 0.283 e. The van der Waals surface area contributed by atoms with Crippen molar-refractivity contribution in [1.29, 1.82) is 0 Å². The van der Waals surface area contributed by atoms with E-state index in [1.54, 1.807) is 35.9 Å². The fourth-order valence-corrected chi connectivity index (χ4v) is 3.26. The molecule has 21 heavy (non-hydrogen) atoms. The molecule has 0 atom stereocenters. The van der Waals surface area contributed by atoms with Gasteiger partial charge in [0.05, 0.1) is 5.69 Å².